The van der Waals surface area contributed by atoms with Gasteiger partial charge in [0.05, 0.1) is 42.0 Å². The maximum absolute atomic E-state index is 14.2. The molecule has 1 saturated heterocycles. The first-order valence-electron chi connectivity index (χ1n) is 17.3. The van der Waals surface area contributed by atoms with Crippen LogP contribution in [0.1, 0.15) is 49.5 Å². The van der Waals surface area contributed by atoms with Crippen LogP contribution in [0.2, 0.25) is 0 Å². The monoisotopic (exact) mass is 771 g/mol. The van der Waals surface area contributed by atoms with E-state index in [1.807, 2.05) is 58.0 Å². The topological polar surface area (TPSA) is 196 Å². The number of amides is 4. The Morgan fingerprint density at radius 1 is 1.06 bits per heavy atom. The van der Waals surface area contributed by atoms with Crippen molar-refractivity contribution in [3.63, 3.8) is 0 Å². The number of thiazole rings is 1. The molecule has 0 spiro atoms. The molecule has 17 heteroatoms. The third-order valence-electron chi connectivity index (χ3n) is 8.79. The highest BCUT2D eigenvalue weighted by Crippen LogP contribution is 2.24. The number of urea groups is 1. The van der Waals surface area contributed by atoms with Crippen LogP contribution in [-0.2, 0) is 34.3 Å². The van der Waals surface area contributed by atoms with E-state index in [0.717, 1.165) is 10.5 Å². The molecule has 2 heterocycles. The van der Waals surface area contributed by atoms with Gasteiger partial charge in [-0.2, -0.15) is 4.31 Å². The first kappa shape index (κ1) is 41.2. The molecule has 53 heavy (non-hydrogen) atoms. The maximum Gasteiger partial charge on any atom is 0.407 e. The van der Waals surface area contributed by atoms with Crippen molar-refractivity contribution in [3.8, 4) is 0 Å². The molecule has 4 rings (SSSR count). The van der Waals surface area contributed by atoms with Gasteiger partial charge in [-0.1, -0.05) is 75.3 Å². The fourth-order valence-corrected chi connectivity index (χ4v) is 8.60. The Kier molecular flexibility index (Phi) is 14.3. The number of sulfonamides is 1. The summed E-state index contributed by atoms with van der Waals surface area (Å²) in [6, 6.07) is 12.9. The van der Waals surface area contributed by atoms with Crippen LogP contribution >= 0.6 is 11.3 Å². The van der Waals surface area contributed by atoms with Gasteiger partial charge in [-0.3, -0.25) is 4.79 Å². The Bertz CT molecular complexity index is 1820. The van der Waals surface area contributed by atoms with Gasteiger partial charge in [0.25, 0.3) is 0 Å². The Hall–Kier alpha value is -4.58. The molecule has 1 fully saturated rings. The number of carboxylic acid groups (broad SMARTS) is 1. The van der Waals surface area contributed by atoms with Crippen molar-refractivity contribution in [1.29, 1.82) is 0 Å². The van der Waals surface area contributed by atoms with Crippen molar-refractivity contribution in [1.82, 2.24) is 29.3 Å². The van der Waals surface area contributed by atoms with E-state index >= 15 is 0 Å². The molecule has 0 aliphatic carbocycles. The molecule has 1 aliphatic heterocycles. The van der Waals surface area contributed by atoms with Crippen molar-refractivity contribution in [2.45, 2.75) is 70.3 Å². The van der Waals surface area contributed by atoms with E-state index in [9.17, 15) is 33.0 Å². The molecule has 0 saturated carbocycles. The molecule has 3 atom stereocenters. The van der Waals surface area contributed by atoms with E-state index in [-0.39, 0.29) is 61.9 Å². The van der Waals surface area contributed by atoms with Crippen LogP contribution in [-0.4, -0.2) is 123 Å². The maximum atomic E-state index is 14.2. The van der Waals surface area contributed by atoms with Gasteiger partial charge < -0.3 is 35.4 Å². The summed E-state index contributed by atoms with van der Waals surface area (Å²) < 4.78 is 29.0. The molecule has 0 unspecified atom stereocenters. The second kappa shape index (κ2) is 18.4. The molecule has 2 aromatic carbocycles. The van der Waals surface area contributed by atoms with Crippen LogP contribution in [0, 0.1) is 11.8 Å². The molecule has 1 aromatic heterocycles. The fraction of sp³-hybridized carbons (Fsp3) is 0.472. The van der Waals surface area contributed by atoms with E-state index in [1.54, 1.807) is 10.3 Å². The van der Waals surface area contributed by atoms with Gasteiger partial charge in [-0.15, -0.1) is 11.3 Å². The number of oxime groups is 1. The average molecular weight is 772 g/mol. The summed E-state index contributed by atoms with van der Waals surface area (Å²) in [7, 11) is -2.63. The van der Waals surface area contributed by atoms with Crippen molar-refractivity contribution >= 4 is 45.6 Å². The van der Waals surface area contributed by atoms with E-state index in [0.29, 0.717) is 22.8 Å². The summed E-state index contributed by atoms with van der Waals surface area (Å²) in [6.45, 7) is 8.16. The number of hydrogen-bond donors (Lipinski definition) is 4. The number of aliphatic hydroxyl groups is 1. The summed E-state index contributed by atoms with van der Waals surface area (Å²) >= 11 is 1.31. The standard InChI is InChI=1S/C36H49N7O8S2/c1-24(2)19-42(53(50,51)29-13-11-27(12-14-29)18-37-49)21-31(44)30(17-26-9-7-6-8-10-26)39-34(45)33(25(3)4)43-16-15-41(35(43)46)20-28-23-52-32(38-28)22-40(5)36(47)48/h6-14,18,23-25,30-31,33,44,49H,15-17,19-22H2,1-5H3,(H,39,45)(H,47,48)/t30-,31-,33-/m0/s1. The molecule has 4 amide bonds. The van der Waals surface area contributed by atoms with Crippen molar-refractivity contribution in [2.24, 2.45) is 17.0 Å². The summed E-state index contributed by atoms with van der Waals surface area (Å²) in [5, 5.41) is 38.1. The molecule has 4 N–H and O–H groups in total. The lowest BCUT2D eigenvalue weighted by atomic mass is 9.97. The van der Waals surface area contributed by atoms with Crippen molar-refractivity contribution in [2.75, 3.05) is 33.2 Å². The number of hydrogen-bond acceptors (Lipinski definition) is 10. The Morgan fingerprint density at radius 2 is 1.74 bits per heavy atom. The summed E-state index contributed by atoms with van der Waals surface area (Å²) in [5.74, 6) is -0.860. The second-order valence-corrected chi connectivity index (χ2v) is 16.7. The van der Waals surface area contributed by atoms with Gasteiger partial charge in [0, 0.05) is 38.6 Å². The Balaban J connectivity index is 1.53. The fourth-order valence-electron chi connectivity index (χ4n) is 6.15. The Morgan fingerprint density at radius 3 is 2.34 bits per heavy atom. The summed E-state index contributed by atoms with van der Waals surface area (Å²) in [6.07, 6.45) is -1.01. The highest BCUT2D eigenvalue weighted by atomic mass is 32.2. The predicted molar refractivity (Wildman–Crippen MR) is 200 cm³/mol. The smallest absolute Gasteiger partial charge is 0.407 e. The highest BCUT2D eigenvalue weighted by Gasteiger charge is 2.40. The lowest BCUT2D eigenvalue weighted by Gasteiger charge is -2.34. The normalized spacial score (nSPS) is 15.5. The highest BCUT2D eigenvalue weighted by molar-refractivity contribution is 7.89. The van der Waals surface area contributed by atoms with Gasteiger partial charge in [-0.25, -0.2) is 23.0 Å². The van der Waals surface area contributed by atoms with Crippen LogP contribution in [0.5, 0.6) is 0 Å². The van der Waals surface area contributed by atoms with Crippen LogP contribution in [0.4, 0.5) is 9.59 Å². The average Bonchev–Trinajstić information content (AvgIpc) is 3.70. The molecule has 3 aromatic rings. The number of aliphatic hydroxyl groups excluding tert-OH is 1. The number of nitrogens with zero attached hydrogens (tertiary/aromatic N) is 6. The van der Waals surface area contributed by atoms with E-state index in [2.05, 4.69) is 15.5 Å². The zero-order valence-electron chi connectivity index (χ0n) is 30.6. The van der Waals surface area contributed by atoms with Crippen LogP contribution < -0.4 is 5.32 Å². The second-order valence-electron chi connectivity index (χ2n) is 13.9. The first-order valence-corrected chi connectivity index (χ1v) is 19.7. The van der Waals surface area contributed by atoms with Crippen LogP contribution in [0.25, 0.3) is 0 Å². The third-order valence-corrected chi connectivity index (χ3v) is 11.5. The molecule has 1 aliphatic rings. The number of benzene rings is 2. The van der Waals surface area contributed by atoms with Gasteiger partial charge >= 0.3 is 12.1 Å². The SMILES string of the molecule is CC(C)CN(C[C@H](O)[C@H](Cc1ccccc1)NC(=O)[C@H](C(C)C)N1CCN(Cc2csc(CN(C)C(=O)O)n2)C1=O)S(=O)(=O)c1ccc(C=NO)cc1. The quantitative estimate of drug-likeness (QED) is 0.0846. The third kappa shape index (κ3) is 11.0. The summed E-state index contributed by atoms with van der Waals surface area (Å²) in [4.78, 5) is 47.8. The number of carbonyl (C=O) groups excluding carboxylic acids is 2. The number of rotatable bonds is 18. The lowest BCUT2D eigenvalue weighted by molar-refractivity contribution is -0.128. The predicted octanol–water partition coefficient (Wildman–Crippen LogP) is 3.76. The van der Waals surface area contributed by atoms with E-state index in [4.69, 9.17) is 5.21 Å². The van der Waals surface area contributed by atoms with Crippen molar-refractivity contribution < 1.29 is 38.2 Å². The Labute approximate surface area is 314 Å². The van der Waals surface area contributed by atoms with E-state index in [1.165, 1.54) is 58.1 Å². The zero-order valence-corrected chi connectivity index (χ0v) is 32.2. The number of carbonyl (C=O) groups is 3. The number of nitrogens with one attached hydrogen (secondary N) is 1. The first-order chi connectivity index (χ1) is 25.1. The zero-order chi connectivity index (χ0) is 38.9. The summed E-state index contributed by atoms with van der Waals surface area (Å²) in [5.41, 5.74) is 1.94. The van der Waals surface area contributed by atoms with Crippen molar-refractivity contribution in [3.05, 3.63) is 81.8 Å². The van der Waals surface area contributed by atoms with Gasteiger partial charge in [0.1, 0.15) is 11.0 Å². The van der Waals surface area contributed by atoms with E-state index < -0.39 is 40.2 Å². The number of aromatic nitrogens is 1. The minimum atomic E-state index is -4.09. The minimum absolute atomic E-state index is 0.00234. The molecule has 0 bridgehead atoms. The molecule has 288 valence electrons. The molecule has 0 radical (unpaired) electrons. The van der Waals surface area contributed by atoms with Gasteiger partial charge in [0.2, 0.25) is 15.9 Å². The van der Waals surface area contributed by atoms with Gasteiger partial charge in [0.15, 0.2) is 0 Å². The molecular formula is C36H49N7O8S2. The van der Waals surface area contributed by atoms with Gasteiger partial charge in [-0.05, 0) is 41.5 Å². The lowest BCUT2D eigenvalue weighted by Crippen LogP contribution is -2.57. The molecular weight excluding hydrogens is 723 g/mol. The minimum Gasteiger partial charge on any atom is -0.465 e. The molecule has 15 nitrogen and oxygen atoms in total. The van der Waals surface area contributed by atoms with Crippen LogP contribution in [0.15, 0.2) is 70.0 Å². The largest absolute Gasteiger partial charge is 0.465 e. The van der Waals surface area contributed by atoms with Crippen LogP contribution in [0.3, 0.4) is 0 Å².